The van der Waals surface area contributed by atoms with Gasteiger partial charge >= 0.3 is 0 Å². The van der Waals surface area contributed by atoms with Crippen LogP contribution >= 0.6 is 0 Å². The Kier molecular flexibility index (Phi) is 4.38. The number of hydrogen-bond acceptors (Lipinski definition) is 3. The summed E-state index contributed by atoms with van der Waals surface area (Å²) in [5, 5.41) is 4.71. The zero-order valence-electron chi connectivity index (χ0n) is 11.5. The Morgan fingerprint density at radius 1 is 1.56 bits per heavy atom. The summed E-state index contributed by atoms with van der Waals surface area (Å²) in [6.45, 7) is 5.16. The van der Waals surface area contributed by atoms with Crippen molar-refractivity contribution >= 4 is 15.1 Å². The molecule has 0 fully saturated rings. The second kappa shape index (κ2) is 5.13. The van der Waals surface area contributed by atoms with E-state index in [2.05, 4.69) is 5.32 Å². The molecule has 3 atom stereocenters. The van der Waals surface area contributed by atoms with Crippen molar-refractivity contribution in [3.05, 3.63) is 23.6 Å². The van der Waals surface area contributed by atoms with Gasteiger partial charge in [-0.15, -0.1) is 0 Å². The van der Waals surface area contributed by atoms with E-state index in [4.69, 9.17) is 5.73 Å². The van der Waals surface area contributed by atoms with Crippen molar-refractivity contribution < 1.29 is 8.60 Å². The lowest BCUT2D eigenvalue weighted by Gasteiger charge is -2.42. The summed E-state index contributed by atoms with van der Waals surface area (Å²) >= 11 is 0. The van der Waals surface area contributed by atoms with Crippen molar-refractivity contribution in [1.29, 1.82) is 0 Å². The Balaban J connectivity index is 3.39. The number of allylic oxidation sites excluding steroid dienone is 2. The minimum atomic E-state index is -2.38. The molecule has 0 saturated carbocycles. The molecule has 1 rings (SSSR count). The smallest absolute Gasteiger partial charge is 0.124 e. The molecule has 0 aromatic rings. The van der Waals surface area contributed by atoms with E-state index in [1.165, 1.54) is 6.08 Å². The third-order valence-electron chi connectivity index (χ3n) is 3.22. The SMILES string of the molecule is CC=C(F)C(=CC)C1(C)C=S(C)(=O)N(C)C(N)N1. The Labute approximate surface area is 109 Å². The number of nitrogens with two attached hydrogens (primary N) is 1. The fourth-order valence-electron chi connectivity index (χ4n) is 2.16. The van der Waals surface area contributed by atoms with Gasteiger partial charge < -0.3 is 5.73 Å². The Morgan fingerprint density at radius 3 is 2.50 bits per heavy atom. The molecule has 0 bridgehead atoms. The van der Waals surface area contributed by atoms with Gasteiger partial charge in [0.1, 0.15) is 12.1 Å². The van der Waals surface area contributed by atoms with Crippen molar-refractivity contribution in [1.82, 2.24) is 9.62 Å². The molecule has 3 N–H and O–H groups in total. The first-order valence-corrected chi connectivity index (χ1v) is 7.77. The van der Waals surface area contributed by atoms with Crippen molar-refractivity contribution in [2.24, 2.45) is 5.73 Å². The Morgan fingerprint density at radius 2 is 2.11 bits per heavy atom. The number of nitrogens with one attached hydrogen (secondary N) is 1. The van der Waals surface area contributed by atoms with Crippen LogP contribution in [0, 0.1) is 0 Å². The standard InChI is InChI=1S/C12H22FN3OS/c1-6-9(10(13)7-2)12(3)8-18(5,17)16(4)11(14)15-12/h6-8,11,15H,14H2,1-5H3. The maximum absolute atomic E-state index is 13.9. The molecule has 0 spiro atoms. The van der Waals surface area contributed by atoms with Gasteiger partial charge in [-0.3, -0.25) is 9.53 Å². The van der Waals surface area contributed by atoms with Crippen LogP contribution in [0.4, 0.5) is 4.39 Å². The molecule has 0 aliphatic carbocycles. The van der Waals surface area contributed by atoms with Gasteiger partial charge in [0.25, 0.3) is 0 Å². The van der Waals surface area contributed by atoms with E-state index >= 15 is 0 Å². The second-order valence-corrected chi connectivity index (χ2v) is 7.19. The van der Waals surface area contributed by atoms with Crippen molar-refractivity contribution in [2.45, 2.75) is 32.6 Å². The van der Waals surface area contributed by atoms with Gasteiger partial charge in [-0.2, -0.15) is 0 Å². The zero-order chi connectivity index (χ0) is 14.1. The van der Waals surface area contributed by atoms with E-state index in [1.54, 1.807) is 49.8 Å². The van der Waals surface area contributed by atoms with Crippen LogP contribution in [0.15, 0.2) is 23.6 Å². The van der Waals surface area contributed by atoms with Crippen LogP contribution in [0.1, 0.15) is 20.8 Å². The van der Waals surface area contributed by atoms with Gasteiger partial charge in [0.15, 0.2) is 0 Å². The van der Waals surface area contributed by atoms with Gasteiger partial charge in [0, 0.05) is 34.0 Å². The van der Waals surface area contributed by atoms with Gasteiger partial charge in [0.2, 0.25) is 0 Å². The molecule has 3 unspecified atom stereocenters. The van der Waals surface area contributed by atoms with Crippen LogP contribution in [-0.4, -0.2) is 39.0 Å². The van der Waals surface area contributed by atoms with Crippen molar-refractivity contribution in [3.8, 4) is 0 Å². The van der Waals surface area contributed by atoms with E-state index in [9.17, 15) is 8.60 Å². The fourth-order valence-corrected chi connectivity index (χ4v) is 3.90. The normalized spacial score (nSPS) is 39.6. The number of nitrogens with zero attached hydrogens (tertiary/aromatic N) is 1. The van der Waals surface area contributed by atoms with E-state index in [1.807, 2.05) is 0 Å². The van der Waals surface area contributed by atoms with Gasteiger partial charge in [0.05, 0.1) is 5.54 Å². The average Bonchev–Trinajstić information content (AvgIpc) is 2.25. The van der Waals surface area contributed by atoms with Crippen LogP contribution in [0.3, 0.4) is 0 Å². The van der Waals surface area contributed by atoms with Crippen LogP contribution in [0.2, 0.25) is 0 Å². The first-order valence-electron chi connectivity index (χ1n) is 5.78. The second-order valence-electron chi connectivity index (χ2n) is 4.66. The molecule has 104 valence electrons. The summed E-state index contributed by atoms with van der Waals surface area (Å²) in [6.07, 6.45) is 4.08. The highest BCUT2D eigenvalue weighted by Crippen LogP contribution is 2.27. The minimum absolute atomic E-state index is 0.337. The average molecular weight is 275 g/mol. The zero-order valence-corrected chi connectivity index (χ0v) is 12.3. The molecule has 0 aromatic heterocycles. The Bertz CT molecular complexity index is 505. The summed E-state index contributed by atoms with van der Waals surface area (Å²) < 4.78 is 27.9. The molecule has 18 heavy (non-hydrogen) atoms. The van der Waals surface area contributed by atoms with Crippen molar-refractivity contribution in [3.63, 3.8) is 0 Å². The predicted molar refractivity (Wildman–Crippen MR) is 76.0 cm³/mol. The molecule has 4 nitrogen and oxygen atoms in total. The van der Waals surface area contributed by atoms with Crippen molar-refractivity contribution in [2.75, 3.05) is 13.3 Å². The lowest BCUT2D eigenvalue weighted by molar-refractivity contribution is 0.289. The number of rotatable bonds is 2. The summed E-state index contributed by atoms with van der Waals surface area (Å²) in [4.78, 5) is 0. The highest BCUT2D eigenvalue weighted by molar-refractivity contribution is 7.98. The maximum atomic E-state index is 13.9. The minimum Gasteiger partial charge on any atom is -0.303 e. The van der Waals surface area contributed by atoms with Gasteiger partial charge in [-0.1, -0.05) is 12.2 Å². The summed E-state index contributed by atoms with van der Waals surface area (Å²) in [5.41, 5.74) is 5.51. The van der Waals surface area contributed by atoms with Crippen LogP contribution in [0.5, 0.6) is 0 Å². The van der Waals surface area contributed by atoms with Gasteiger partial charge in [-0.25, -0.2) is 8.70 Å². The molecule has 6 heteroatoms. The molecule has 0 amide bonds. The monoisotopic (exact) mass is 275 g/mol. The van der Waals surface area contributed by atoms with E-state index in [0.717, 1.165) is 0 Å². The summed E-state index contributed by atoms with van der Waals surface area (Å²) in [6, 6.07) is 0. The Hall–Kier alpha value is -0.690. The maximum Gasteiger partial charge on any atom is 0.124 e. The predicted octanol–water partition coefficient (Wildman–Crippen LogP) is 0.973. The van der Waals surface area contributed by atoms with Crippen LogP contribution in [-0.2, 0) is 9.71 Å². The number of halogens is 1. The molecular weight excluding hydrogens is 253 g/mol. The highest BCUT2D eigenvalue weighted by atomic mass is 32.2. The molecule has 1 heterocycles. The lowest BCUT2D eigenvalue weighted by Crippen LogP contribution is -2.66. The molecule has 1 aliphatic rings. The largest absolute Gasteiger partial charge is 0.303 e. The molecule has 0 aromatic carbocycles. The molecule has 0 saturated heterocycles. The molecule has 1 aliphatic heterocycles. The van der Waals surface area contributed by atoms with Crippen LogP contribution in [0.25, 0.3) is 0 Å². The van der Waals surface area contributed by atoms with E-state index in [0.29, 0.717) is 5.57 Å². The first-order chi connectivity index (χ1) is 8.18. The molecular formula is C12H22FN3OS. The van der Waals surface area contributed by atoms with E-state index < -0.39 is 21.5 Å². The third kappa shape index (κ3) is 2.66. The lowest BCUT2D eigenvalue weighted by atomic mass is 9.92. The number of hydrogen-bond donors (Lipinski definition) is 2. The quantitative estimate of drug-likeness (QED) is 0.583. The summed E-state index contributed by atoms with van der Waals surface area (Å²) in [7, 11) is -0.701. The molecule has 0 radical (unpaired) electrons. The first kappa shape index (κ1) is 15.4. The van der Waals surface area contributed by atoms with Crippen LogP contribution < -0.4 is 11.1 Å². The van der Waals surface area contributed by atoms with E-state index in [-0.39, 0.29) is 5.83 Å². The van der Waals surface area contributed by atoms with Gasteiger partial charge in [-0.05, 0) is 20.8 Å². The topological polar surface area (TPSA) is 58.4 Å². The fraction of sp³-hybridized carbons (Fsp3) is 0.583. The third-order valence-corrected chi connectivity index (χ3v) is 5.50. The highest BCUT2D eigenvalue weighted by Gasteiger charge is 2.38. The summed E-state index contributed by atoms with van der Waals surface area (Å²) in [5.74, 6) is -0.337.